The Bertz CT molecular complexity index is 790. The second-order valence-corrected chi connectivity index (χ2v) is 5.89. The molecule has 2 aromatic carbocycles. The first-order valence-corrected chi connectivity index (χ1v) is 8.09. The lowest BCUT2D eigenvalue weighted by Crippen LogP contribution is -2.24. The zero-order valence-corrected chi connectivity index (χ0v) is 13.9. The van der Waals surface area contributed by atoms with E-state index in [9.17, 15) is 14.0 Å². The molecule has 0 atom stereocenters. The van der Waals surface area contributed by atoms with E-state index >= 15 is 0 Å². The first-order valence-electron chi connectivity index (χ1n) is 8.09. The molecule has 2 amide bonds. The van der Waals surface area contributed by atoms with Crippen LogP contribution in [-0.4, -0.2) is 25.5 Å². The van der Waals surface area contributed by atoms with Gasteiger partial charge in [0, 0.05) is 24.7 Å². The van der Waals surface area contributed by atoms with Crippen molar-refractivity contribution in [1.29, 1.82) is 0 Å². The van der Waals surface area contributed by atoms with Gasteiger partial charge in [0.25, 0.3) is 0 Å². The lowest BCUT2D eigenvalue weighted by Gasteiger charge is -2.19. The van der Waals surface area contributed by atoms with Crippen LogP contribution in [0.5, 0.6) is 5.75 Å². The molecule has 130 valence electrons. The molecule has 2 aromatic rings. The van der Waals surface area contributed by atoms with Gasteiger partial charge in [-0.3, -0.25) is 9.59 Å². The highest BCUT2D eigenvalue weighted by atomic mass is 19.1. The van der Waals surface area contributed by atoms with Gasteiger partial charge in [0.2, 0.25) is 11.8 Å². The van der Waals surface area contributed by atoms with Crippen molar-refractivity contribution >= 4 is 23.2 Å². The Morgan fingerprint density at radius 3 is 2.64 bits per heavy atom. The number of carbonyl (C=O) groups excluding carboxylic acids is 2. The molecular weight excluding hydrogens is 323 g/mol. The largest absolute Gasteiger partial charge is 0.494 e. The van der Waals surface area contributed by atoms with E-state index in [0.29, 0.717) is 30.1 Å². The molecule has 1 aliphatic heterocycles. The fraction of sp³-hybridized carbons (Fsp3) is 0.263. The highest BCUT2D eigenvalue weighted by Crippen LogP contribution is 2.33. The van der Waals surface area contributed by atoms with Gasteiger partial charge >= 0.3 is 0 Å². The number of ether oxygens (including phenoxy) is 1. The Kier molecular flexibility index (Phi) is 4.97. The maximum atomic E-state index is 12.9. The summed E-state index contributed by atoms with van der Waals surface area (Å²) in [6, 6.07) is 11.0. The van der Waals surface area contributed by atoms with Gasteiger partial charge < -0.3 is 15.0 Å². The predicted octanol–water partition coefficient (Wildman–Crippen LogP) is 3.14. The monoisotopic (exact) mass is 342 g/mol. The average molecular weight is 342 g/mol. The van der Waals surface area contributed by atoms with Crippen molar-refractivity contribution in [3.05, 3.63) is 53.8 Å². The van der Waals surface area contributed by atoms with Crippen LogP contribution in [0.1, 0.15) is 18.4 Å². The van der Waals surface area contributed by atoms with Gasteiger partial charge in [-0.1, -0.05) is 12.1 Å². The third kappa shape index (κ3) is 3.96. The van der Waals surface area contributed by atoms with Crippen LogP contribution >= 0.6 is 0 Å². The van der Waals surface area contributed by atoms with Crippen LogP contribution < -0.4 is 15.0 Å². The van der Waals surface area contributed by atoms with Gasteiger partial charge in [0.05, 0.1) is 19.2 Å². The molecule has 0 bridgehead atoms. The Morgan fingerprint density at radius 2 is 2.00 bits per heavy atom. The summed E-state index contributed by atoms with van der Waals surface area (Å²) in [6.45, 7) is 0.672. The lowest BCUT2D eigenvalue weighted by molar-refractivity contribution is -0.117. The smallest absolute Gasteiger partial charge is 0.228 e. The van der Waals surface area contributed by atoms with Crippen molar-refractivity contribution in [2.75, 3.05) is 23.9 Å². The molecule has 0 radical (unpaired) electrons. The normalized spacial score (nSPS) is 13.8. The van der Waals surface area contributed by atoms with E-state index in [0.717, 1.165) is 12.0 Å². The van der Waals surface area contributed by atoms with E-state index in [2.05, 4.69) is 5.32 Å². The predicted molar refractivity (Wildman–Crippen MR) is 93.3 cm³/mol. The molecule has 5 nitrogen and oxygen atoms in total. The first kappa shape index (κ1) is 17.0. The van der Waals surface area contributed by atoms with Crippen molar-refractivity contribution in [2.24, 2.45) is 0 Å². The molecule has 1 heterocycles. The molecule has 6 heteroatoms. The van der Waals surface area contributed by atoms with Crippen molar-refractivity contribution < 1.29 is 18.7 Å². The van der Waals surface area contributed by atoms with Crippen LogP contribution in [0.15, 0.2) is 42.5 Å². The fourth-order valence-corrected chi connectivity index (χ4v) is 2.87. The van der Waals surface area contributed by atoms with Crippen LogP contribution in [0.25, 0.3) is 0 Å². The minimum atomic E-state index is -0.332. The van der Waals surface area contributed by atoms with Gasteiger partial charge in [0.15, 0.2) is 0 Å². The molecule has 1 fully saturated rings. The fourth-order valence-electron chi connectivity index (χ4n) is 2.87. The SMILES string of the molecule is COc1cc(NC(=O)Cc2ccc(F)cc2)ccc1N1CCCC1=O. The van der Waals surface area contributed by atoms with Crippen molar-refractivity contribution in [1.82, 2.24) is 0 Å². The average Bonchev–Trinajstić information content (AvgIpc) is 3.02. The van der Waals surface area contributed by atoms with Gasteiger partial charge in [0.1, 0.15) is 11.6 Å². The van der Waals surface area contributed by atoms with Gasteiger partial charge in [-0.05, 0) is 36.2 Å². The van der Waals surface area contributed by atoms with Crippen molar-refractivity contribution in [3.8, 4) is 5.75 Å². The zero-order chi connectivity index (χ0) is 17.8. The van der Waals surface area contributed by atoms with Crippen molar-refractivity contribution in [2.45, 2.75) is 19.3 Å². The van der Waals surface area contributed by atoms with Crippen LogP contribution in [0, 0.1) is 5.82 Å². The van der Waals surface area contributed by atoms with E-state index in [-0.39, 0.29) is 24.1 Å². The number of carbonyl (C=O) groups is 2. The van der Waals surface area contributed by atoms with Crippen LogP contribution in [0.4, 0.5) is 15.8 Å². The molecule has 0 aromatic heterocycles. The van der Waals surface area contributed by atoms with Gasteiger partial charge in [-0.15, -0.1) is 0 Å². The number of methoxy groups -OCH3 is 1. The molecule has 0 spiro atoms. The van der Waals surface area contributed by atoms with E-state index in [1.54, 1.807) is 35.2 Å². The maximum absolute atomic E-state index is 12.9. The number of anilines is 2. The molecule has 0 aliphatic carbocycles. The quantitative estimate of drug-likeness (QED) is 0.908. The summed E-state index contributed by atoms with van der Waals surface area (Å²) in [5.41, 5.74) is 2.02. The molecule has 1 aliphatic rings. The number of nitrogens with zero attached hydrogens (tertiary/aromatic N) is 1. The van der Waals surface area contributed by atoms with Gasteiger partial charge in [-0.2, -0.15) is 0 Å². The summed E-state index contributed by atoms with van der Waals surface area (Å²) in [5, 5.41) is 2.79. The Hall–Kier alpha value is -2.89. The Balaban J connectivity index is 1.71. The number of hydrogen-bond donors (Lipinski definition) is 1. The van der Waals surface area contributed by atoms with E-state index in [1.807, 2.05) is 0 Å². The Morgan fingerprint density at radius 1 is 1.24 bits per heavy atom. The maximum Gasteiger partial charge on any atom is 0.228 e. The summed E-state index contributed by atoms with van der Waals surface area (Å²) in [5.74, 6) is 0.0702. The second-order valence-electron chi connectivity index (χ2n) is 5.89. The molecule has 0 unspecified atom stereocenters. The number of amides is 2. The molecular formula is C19H19FN2O3. The minimum Gasteiger partial charge on any atom is -0.494 e. The molecule has 1 saturated heterocycles. The van der Waals surface area contributed by atoms with E-state index in [4.69, 9.17) is 4.74 Å². The van der Waals surface area contributed by atoms with Crippen LogP contribution in [0.3, 0.4) is 0 Å². The first-order chi connectivity index (χ1) is 12.1. The third-order valence-electron chi connectivity index (χ3n) is 4.11. The summed E-state index contributed by atoms with van der Waals surface area (Å²) in [6.07, 6.45) is 1.52. The van der Waals surface area contributed by atoms with Gasteiger partial charge in [-0.25, -0.2) is 4.39 Å². The summed E-state index contributed by atoms with van der Waals surface area (Å²) < 4.78 is 18.3. The molecule has 25 heavy (non-hydrogen) atoms. The van der Waals surface area contributed by atoms with E-state index < -0.39 is 0 Å². The second kappa shape index (κ2) is 7.34. The minimum absolute atomic E-state index is 0.0754. The summed E-state index contributed by atoms with van der Waals surface area (Å²) >= 11 is 0. The number of hydrogen-bond acceptors (Lipinski definition) is 3. The standard InChI is InChI=1S/C19H19FN2O3/c1-25-17-12-15(8-9-16(17)22-10-2-3-19(22)24)21-18(23)11-13-4-6-14(20)7-5-13/h4-9,12H,2-3,10-11H2,1H3,(H,21,23). The zero-order valence-electron chi connectivity index (χ0n) is 13.9. The number of nitrogens with one attached hydrogen (secondary N) is 1. The van der Waals surface area contributed by atoms with Crippen LogP contribution in [0.2, 0.25) is 0 Å². The number of halogens is 1. The topological polar surface area (TPSA) is 58.6 Å². The molecule has 3 rings (SSSR count). The third-order valence-corrected chi connectivity index (χ3v) is 4.11. The molecule has 1 N–H and O–H groups in total. The Labute approximate surface area is 145 Å². The number of rotatable bonds is 5. The summed E-state index contributed by atoms with van der Waals surface area (Å²) in [4.78, 5) is 25.8. The highest BCUT2D eigenvalue weighted by Gasteiger charge is 2.24. The van der Waals surface area contributed by atoms with Crippen molar-refractivity contribution in [3.63, 3.8) is 0 Å². The summed E-state index contributed by atoms with van der Waals surface area (Å²) in [7, 11) is 1.53. The molecule has 0 saturated carbocycles. The number of benzene rings is 2. The van der Waals surface area contributed by atoms with E-state index in [1.165, 1.54) is 19.2 Å². The van der Waals surface area contributed by atoms with Crippen LogP contribution in [-0.2, 0) is 16.0 Å². The lowest BCUT2D eigenvalue weighted by atomic mass is 10.1. The highest BCUT2D eigenvalue weighted by molar-refractivity contribution is 5.98.